The number of hydrogen-bond acceptors (Lipinski definition) is 9. The monoisotopic (exact) mass is 376 g/mol. The number of carbonyl (C=O) groups excluding carboxylic acids is 1. The van der Waals surface area contributed by atoms with E-state index in [1.165, 1.54) is 16.0 Å². The van der Waals surface area contributed by atoms with Crippen molar-refractivity contribution in [2.75, 3.05) is 19.8 Å². The van der Waals surface area contributed by atoms with Crippen molar-refractivity contribution < 1.29 is 14.3 Å². The van der Waals surface area contributed by atoms with E-state index in [4.69, 9.17) is 5.73 Å². The number of hydrogen-bond donors (Lipinski definition) is 3. The van der Waals surface area contributed by atoms with E-state index in [1.54, 1.807) is 6.21 Å². The summed E-state index contributed by atoms with van der Waals surface area (Å²) in [6.07, 6.45) is 1.60. The number of amides is 1. The first-order valence-corrected chi connectivity index (χ1v) is 8.55. The smallest absolute Gasteiger partial charge is 0.294 e. The molecule has 0 fully saturated rings. The Labute approximate surface area is 152 Å². The Bertz CT molecular complexity index is 940. The van der Waals surface area contributed by atoms with E-state index in [-0.39, 0.29) is 17.3 Å². The summed E-state index contributed by atoms with van der Waals surface area (Å²) in [4.78, 5) is 14.5. The van der Waals surface area contributed by atoms with Crippen LogP contribution in [-0.2, 0) is 6.54 Å². The lowest BCUT2D eigenvalue weighted by molar-refractivity contribution is -0.873. The third-order valence-electron chi connectivity index (χ3n) is 3.45. The average Bonchev–Trinajstić information content (AvgIpc) is 3.28. The molecule has 3 aromatic heterocycles. The lowest BCUT2D eigenvalue weighted by atomic mass is 10.3. The van der Waals surface area contributed by atoms with Crippen LogP contribution in [0, 0.1) is 6.92 Å². The fraction of sp³-hybridized carbons (Fsp3) is 0.286. The summed E-state index contributed by atoms with van der Waals surface area (Å²) in [6.45, 7) is 2.43. The molecule has 0 saturated heterocycles. The van der Waals surface area contributed by atoms with Crippen LogP contribution in [0.3, 0.4) is 0 Å². The molecule has 3 aromatic rings. The zero-order valence-electron chi connectivity index (χ0n) is 14.4. The van der Waals surface area contributed by atoms with Gasteiger partial charge in [0.15, 0.2) is 5.69 Å². The van der Waals surface area contributed by atoms with E-state index in [0.29, 0.717) is 12.2 Å². The molecule has 3 rings (SSSR count). The number of aryl methyl sites for hydroxylation is 1. The van der Waals surface area contributed by atoms with Gasteiger partial charge in [-0.15, -0.1) is 16.4 Å². The molecule has 26 heavy (non-hydrogen) atoms. The summed E-state index contributed by atoms with van der Waals surface area (Å²) in [5.74, 6) is -0.235. The van der Waals surface area contributed by atoms with Gasteiger partial charge in [-0.25, -0.2) is 10.1 Å². The van der Waals surface area contributed by atoms with Gasteiger partial charge >= 0.3 is 0 Å². The SMILES string of the molecule is Cc1ccsc1/C=N\NC(=O)c1nnn(-c2nonc2N)c1C[NH+](C)C. The fourth-order valence-corrected chi connectivity index (χ4v) is 2.98. The maximum atomic E-state index is 12.5. The lowest BCUT2D eigenvalue weighted by Gasteiger charge is -2.08. The van der Waals surface area contributed by atoms with Crippen molar-refractivity contribution in [2.45, 2.75) is 13.5 Å². The third-order valence-corrected chi connectivity index (χ3v) is 4.40. The molecule has 0 bridgehead atoms. The van der Waals surface area contributed by atoms with Crippen LogP contribution in [0.2, 0.25) is 0 Å². The Hall–Kier alpha value is -3.12. The van der Waals surface area contributed by atoms with Crippen LogP contribution < -0.4 is 16.1 Å². The summed E-state index contributed by atoms with van der Waals surface area (Å²) < 4.78 is 5.95. The molecule has 0 spiro atoms. The third kappa shape index (κ3) is 3.60. The maximum Gasteiger partial charge on any atom is 0.294 e. The van der Waals surface area contributed by atoms with Crippen LogP contribution in [0.1, 0.15) is 26.6 Å². The Morgan fingerprint density at radius 1 is 1.50 bits per heavy atom. The summed E-state index contributed by atoms with van der Waals surface area (Å²) in [7, 11) is 3.86. The molecule has 11 nitrogen and oxygen atoms in total. The van der Waals surface area contributed by atoms with Crippen LogP contribution in [0.15, 0.2) is 21.2 Å². The minimum Gasteiger partial charge on any atom is -0.378 e. The Kier molecular flexibility index (Phi) is 5.04. The molecule has 0 radical (unpaired) electrons. The Balaban J connectivity index is 1.85. The van der Waals surface area contributed by atoms with Crippen molar-refractivity contribution in [3.8, 4) is 5.82 Å². The maximum absolute atomic E-state index is 12.5. The van der Waals surface area contributed by atoms with Crippen LogP contribution in [-0.4, -0.2) is 51.5 Å². The average molecular weight is 376 g/mol. The highest BCUT2D eigenvalue weighted by molar-refractivity contribution is 7.11. The first-order valence-electron chi connectivity index (χ1n) is 7.67. The van der Waals surface area contributed by atoms with Crippen molar-refractivity contribution in [2.24, 2.45) is 5.10 Å². The number of anilines is 1. The number of thiophene rings is 1. The minimum absolute atomic E-state index is 0.0584. The highest BCUT2D eigenvalue weighted by Crippen LogP contribution is 2.15. The van der Waals surface area contributed by atoms with Crippen molar-refractivity contribution in [3.05, 3.63) is 33.3 Å². The molecule has 0 unspecified atom stereocenters. The number of nitrogens with two attached hydrogens (primary N) is 1. The molecule has 12 heteroatoms. The van der Waals surface area contributed by atoms with E-state index < -0.39 is 5.91 Å². The van der Waals surface area contributed by atoms with Gasteiger partial charge in [-0.1, -0.05) is 5.21 Å². The quantitative estimate of drug-likeness (QED) is 0.370. The molecule has 1 amide bonds. The minimum atomic E-state index is -0.479. The summed E-state index contributed by atoms with van der Waals surface area (Å²) in [5.41, 5.74) is 9.93. The van der Waals surface area contributed by atoms with E-state index >= 15 is 0 Å². The Morgan fingerprint density at radius 3 is 2.92 bits per heavy atom. The lowest BCUT2D eigenvalue weighted by Crippen LogP contribution is -3.04. The van der Waals surface area contributed by atoms with Crippen LogP contribution in [0.5, 0.6) is 0 Å². The molecule has 136 valence electrons. The van der Waals surface area contributed by atoms with Gasteiger partial charge in [0.1, 0.15) is 12.2 Å². The summed E-state index contributed by atoms with van der Waals surface area (Å²) in [6, 6.07) is 1.98. The normalized spacial score (nSPS) is 11.5. The highest BCUT2D eigenvalue weighted by Gasteiger charge is 2.25. The van der Waals surface area contributed by atoms with E-state index in [9.17, 15) is 4.79 Å². The van der Waals surface area contributed by atoms with E-state index in [0.717, 1.165) is 15.3 Å². The molecule has 0 aliphatic heterocycles. The van der Waals surface area contributed by atoms with Gasteiger partial charge in [-0.05, 0) is 34.2 Å². The van der Waals surface area contributed by atoms with Crippen molar-refractivity contribution >= 4 is 29.3 Å². The molecule has 0 aliphatic carbocycles. The first kappa shape index (κ1) is 17.7. The number of nitrogen functional groups attached to an aromatic ring is 1. The molecular weight excluding hydrogens is 358 g/mol. The molecule has 0 aromatic carbocycles. The van der Waals surface area contributed by atoms with Crippen molar-refractivity contribution in [1.82, 2.24) is 30.7 Å². The standard InChI is InChI=1S/C14H17N9O2S/c1-8-4-5-26-10(8)6-16-18-14(24)11-9(7-22(2)3)23(21-17-11)13-12(15)19-25-20-13/h4-6H,7H2,1-3H3,(H2,15,19)(H,18,24)/p+1/b16-6-. The molecule has 0 atom stereocenters. The highest BCUT2D eigenvalue weighted by atomic mass is 32.1. The zero-order chi connectivity index (χ0) is 18.7. The second-order valence-corrected chi connectivity index (χ2v) is 6.77. The van der Waals surface area contributed by atoms with Crippen molar-refractivity contribution in [3.63, 3.8) is 0 Å². The predicted octanol–water partition coefficient (Wildman–Crippen LogP) is -0.989. The van der Waals surface area contributed by atoms with Gasteiger partial charge in [0.25, 0.3) is 5.91 Å². The van der Waals surface area contributed by atoms with Crippen molar-refractivity contribution in [1.29, 1.82) is 0 Å². The largest absolute Gasteiger partial charge is 0.378 e. The first-order chi connectivity index (χ1) is 12.5. The van der Waals surface area contributed by atoms with Gasteiger partial charge in [0.05, 0.1) is 20.3 Å². The summed E-state index contributed by atoms with van der Waals surface area (Å²) in [5, 5.41) is 21.1. The Morgan fingerprint density at radius 2 is 2.31 bits per heavy atom. The number of carbonyl (C=O) groups is 1. The molecule has 4 N–H and O–H groups in total. The molecular formula is C14H18N9O2S+. The van der Waals surface area contributed by atoms with Crippen LogP contribution in [0.4, 0.5) is 5.82 Å². The van der Waals surface area contributed by atoms with Crippen LogP contribution >= 0.6 is 11.3 Å². The van der Waals surface area contributed by atoms with Gasteiger partial charge in [-0.2, -0.15) is 9.78 Å². The summed E-state index contributed by atoms with van der Waals surface area (Å²) >= 11 is 1.54. The zero-order valence-corrected chi connectivity index (χ0v) is 15.2. The van der Waals surface area contributed by atoms with E-state index in [1.807, 2.05) is 32.5 Å². The van der Waals surface area contributed by atoms with Gasteiger partial charge in [0, 0.05) is 4.88 Å². The number of hydrazone groups is 1. The number of rotatable bonds is 6. The number of quaternary nitrogens is 1. The second-order valence-electron chi connectivity index (χ2n) is 5.82. The number of nitrogens with zero attached hydrogens (tertiary/aromatic N) is 6. The van der Waals surface area contributed by atoms with Gasteiger partial charge < -0.3 is 10.6 Å². The second kappa shape index (κ2) is 7.41. The number of nitrogens with one attached hydrogen (secondary N) is 2. The molecule has 0 saturated carbocycles. The van der Waals surface area contributed by atoms with Crippen LogP contribution in [0.25, 0.3) is 5.82 Å². The van der Waals surface area contributed by atoms with Gasteiger partial charge in [-0.3, -0.25) is 4.79 Å². The fourth-order valence-electron chi connectivity index (χ4n) is 2.20. The number of aromatic nitrogens is 5. The van der Waals surface area contributed by atoms with E-state index in [2.05, 4.69) is 35.8 Å². The predicted molar refractivity (Wildman–Crippen MR) is 94.3 cm³/mol. The topological polar surface area (TPSA) is 142 Å². The molecule has 0 aliphatic rings. The molecule has 3 heterocycles. The van der Waals surface area contributed by atoms with Gasteiger partial charge in [0.2, 0.25) is 11.6 Å².